The number of carbonyl (C=O) groups is 2. The van der Waals surface area contributed by atoms with Crippen molar-refractivity contribution in [2.24, 2.45) is 11.3 Å². The summed E-state index contributed by atoms with van der Waals surface area (Å²) in [5.41, 5.74) is -0.612. The summed E-state index contributed by atoms with van der Waals surface area (Å²) in [6.07, 6.45) is 3.43. The minimum absolute atomic E-state index is 0.150. The quantitative estimate of drug-likeness (QED) is 0.841. The topological polar surface area (TPSA) is 70.8 Å². The second kappa shape index (κ2) is 5.31. The molecule has 0 radical (unpaired) electrons. The average Bonchev–Trinajstić information content (AvgIpc) is 3.00. The predicted octanol–water partition coefficient (Wildman–Crippen LogP) is 2.52. The van der Waals surface area contributed by atoms with Crippen LogP contribution in [0.5, 0.6) is 0 Å². The molecule has 1 saturated carbocycles. The van der Waals surface area contributed by atoms with Gasteiger partial charge in [0.1, 0.15) is 11.7 Å². The van der Waals surface area contributed by atoms with E-state index < -0.39 is 17.3 Å². The van der Waals surface area contributed by atoms with Crippen LogP contribution in [0.25, 0.3) is 0 Å². The molecule has 110 valence electrons. The Hall–Kier alpha value is -1.78. The number of rotatable bonds is 5. The first-order valence-electron chi connectivity index (χ1n) is 6.86. The molecule has 1 fully saturated rings. The van der Waals surface area contributed by atoms with Gasteiger partial charge in [0.25, 0.3) is 0 Å². The van der Waals surface area contributed by atoms with Crippen molar-refractivity contribution in [1.29, 1.82) is 0 Å². The van der Waals surface area contributed by atoms with Gasteiger partial charge in [-0.1, -0.05) is 20.8 Å². The van der Waals surface area contributed by atoms with Crippen molar-refractivity contribution in [2.75, 3.05) is 0 Å². The van der Waals surface area contributed by atoms with Crippen LogP contribution in [0.4, 0.5) is 0 Å². The molecule has 1 amide bonds. The van der Waals surface area contributed by atoms with Crippen LogP contribution in [-0.2, 0) is 16.1 Å². The minimum Gasteiger partial charge on any atom is -0.481 e. The molecule has 1 aromatic rings. The van der Waals surface area contributed by atoms with E-state index in [1.54, 1.807) is 44.1 Å². The maximum absolute atomic E-state index is 12.6. The Bertz CT molecular complexity index is 482. The number of aliphatic carboxylic acids is 1. The second-order valence-electron chi connectivity index (χ2n) is 6.41. The van der Waals surface area contributed by atoms with Gasteiger partial charge < -0.3 is 14.4 Å². The summed E-state index contributed by atoms with van der Waals surface area (Å²) in [7, 11) is 0. The summed E-state index contributed by atoms with van der Waals surface area (Å²) < 4.78 is 5.28. The summed E-state index contributed by atoms with van der Waals surface area (Å²) in [6.45, 7) is 5.68. The van der Waals surface area contributed by atoms with Gasteiger partial charge in [0, 0.05) is 6.04 Å². The third-order valence-electron chi connectivity index (χ3n) is 3.54. The molecule has 1 aliphatic carbocycles. The van der Waals surface area contributed by atoms with Gasteiger partial charge in [0.15, 0.2) is 0 Å². The van der Waals surface area contributed by atoms with Crippen molar-refractivity contribution in [3.8, 4) is 0 Å². The lowest BCUT2D eigenvalue weighted by molar-refractivity contribution is -0.157. The van der Waals surface area contributed by atoms with Crippen LogP contribution in [0.2, 0.25) is 0 Å². The number of nitrogens with zero attached hydrogens (tertiary/aromatic N) is 1. The number of hydrogen-bond donors (Lipinski definition) is 1. The molecule has 1 aliphatic rings. The summed E-state index contributed by atoms with van der Waals surface area (Å²) in [6, 6.07) is 3.72. The average molecular weight is 279 g/mol. The Labute approximate surface area is 118 Å². The molecule has 0 saturated heterocycles. The predicted molar refractivity (Wildman–Crippen MR) is 72.9 cm³/mol. The summed E-state index contributed by atoms with van der Waals surface area (Å²) in [4.78, 5) is 25.8. The molecular weight excluding hydrogens is 258 g/mol. The van der Waals surface area contributed by atoms with E-state index in [0.29, 0.717) is 12.3 Å². The van der Waals surface area contributed by atoms with E-state index in [1.165, 1.54) is 0 Å². The molecule has 1 aromatic heterocycles. The van der Waals surface area contributed by atoms with E-state index in [2.05, 4.69) is 0 Å². The van der Waals surface area contributed by atoms with Gasteiger partial charge in [-0.2, -0.15) is 0 Å². The normalized spacial score (nSPS) is 16.8. The van der Waals surface area contributed by atoms with Gasteiger partial charge in [0.05, 0.1) is 12.8 Å². The van der Waals surface area contributed by atoms with E-state index in [-0.39, 0.29) is 11.9 Å². The number of carbonyl (C=O) groups excluding carboxylic acids is 1. The van der Waals surface area contributed by atoms with Crippen molar-refractivity contribution in [3.63, 3.8) is 0 Å². The van der Waals surface area contributed by atoms with Crippen molar-refractivity contribution in [2.45, 2.75) is 46.2 Å². The van der Waals surface area contributed by atoms with Crippen molar-refractivity contribution < 1.29 is 19.1 Å². The van der Waals surface area contributed by atoms with Crippen LogP contribution < -0.4 is 0 Å². The molecule has 1 N–H and O–H groups in total. The largest absolute Gasteiger partial charge is 0.481 e. The monoisotopic (exact) mass is 279 g/mol. The van der Waals surface area contributed by atoms with Crippen LogP contribution in [0.15, 0.2) is 22.8 Å². The zero-order valence-corrected chi connectivity index (χ0v) is 12.1. The molecule has 0 spiro atoms. The molecule has 1 heterocycles. The molecule has 5 heteroatoms. The molecule has 20 heavy (non-hydrogen) atoms. The van der Waals surface area contributed by atoms with Crippen LogP contribution in [0.1, 0.15) is 39.4 Å². The summed E-state index contributed by atoms with van der Waals surface area (Å²) in [5.74, 6) is -1.72. The van der Waals surface area contributed by atoms with Crippen molar-refractivity contribution in [1.82, 2.24) is 4.90 Å². The highest BCUT2D eigenvalue weighted by Gasteiger charge is 2.44. The Kier molecular flexibility index (Phi) is 3.88. The van der Waals surface area contributed by atoms with Crippen LogP contribution in [0.3, 0.4) is 0 Å². The number of furan rings is 1. The van der Waals surface area contributed by atoms with Gasteiger partial charge in [-0.05, 0) is 30.4 Å². The second-order valence-corrected chi connectivity index (χ2v) is 6.41. The molecular formula is C15H21NO4. The van der Waals surface area contributed by atoms with Gasteiger partial charge >= 0.3 is 5.97 Å². The van der Waals surface area contributed by atoms with Gasteiger partial charge in [-0.3, -0.25) is 9.59 Å². The molecule has 0 bridgehead atoms. The first-order valence-corrected chi connectivity index (χ1v) is 6.86. The minimum atomic E-state index is -1.06. The number of carboxylic acids is 1. The first kappa shape index (κ1) is 14.6. The van der Waals surface area contributed by atoms with E-state index in [1.807, 2.05) is 0 Å². The molecule has 0 aromatic carbocycles. The van der Waals surface area contributed by atoms with Crippen LogP contribution >= 0.6 is 0 Å². The number of carboxylic acid groups (broad SMARTS) is 1. The van der Waals surface area contributed by atoms with Gasteiger partial charge in [0.2, 0.25) is 5.91 Å². The molecule has 5 nitrogen and oxygen atoms in total. The van der Waals surface area contributed by atoms with E-state index in [4.69, 9.17) is 4.42 Å². The lowest BCUT2D eigenvalue weighted by Crippen LogP contribution is -2.45. The van der Waals surface area contributed by atoms with Crippen molar-refractivity contribution >= 4 is 11.9 Å². The molecule has 1 unspecified atom stereocenters. The van der Waals surface area contributed by atoms with Crippen LogP contribution in [-0.4, -0.2) is 27.9 Å². The maximum atomic E-state index is 12.6. The van der Waals surface area contributed by atoms with E-state index >= 15 is 0 Å². The molecule has 1 atom stereocenters. The highest BCUT2D eigenvalue weighted by molar-refractivity contribution is 5.98. The molecule has 0 aliphatic heterocycles. The Balaban J connectivity index is 2.19. The van der Waals surface area contributed by atoms with E-state index in [0.717, 1.165) is 12.8 Å². The summed E-state index contributed by atoms with van der Waals surface area (Å²) in [5, 5.41) is 9.39. The lowest BCUT2D eigenvalue weighted by atomic mass is 9.79. The highest BCUT2D eigenvalue weighted by Crippen LogP contribution is 2.34. The Morgan fingerprint density at radius 1 is 1.45 bits per heavy atom. The zero-order chi connectivity index (χ0) is 14.9. The SMILES string of the molecule is CC(C)(C)C(C(=O)O)C(=O)N(Cc1ccco1)C1CC1. The van der Waals surface area contributed by atoms with E-state index in [9.17, 15) is 14.7 Å². The lowest BCUT2D eigenvalue weighted by Gasteiger charge is -2.31. The summed E-state index contributed by atoms with van der Waals surface area (Å²) >= 11 is 0. The third-order valence-corrected chi connectivity index (χ3v) is 3.54. The smallest absolute Gasteiger partial charge is 0.316 e. The standard InChI is InChI=1S/C15H21NO4/c1-15(2,3)12(14(18)19)13(17)16(10-6-7-10)9-11-5-4-8-20-11/h4-5,8,10,12H,6-7,9H2,1-3H3,(H,18,19). The Morgan fingerprint density at radius 2 is 2.10 bits per heavy atom. The van der Waals surface area contributed by atoms with Gasteiger partial charge in [-0.25, -0.2) is 0 Å². The Morgan fingerprint density at radius 3 is 2.50 bits per heavy atom. The van der Waals surface area contributed by atoms with Crippen molar-refractivity contribution in [3.05, 3.63) is 24.2 Å². The third kappa shape index (κ3) is 3.21. The first-order chi connectivity index (χ1) is 9.30. The molecule has 2 rings (SSSR count). The fourth-order valence-corrected chi connectivity index (χ4v) is 2.36. The number of hydrogen-bond acceptors (Lipinski definition) is 3. The fourth-order valence-electron chi connectivity index (χ4n) is 2.36. The maximum Gasteiger partial charge on any atom is 0.316 e. The van der Waals surface area contributed by atoms with Gasteiger partial charge in [-0.15, -0.1) is 0 Å². The fraction of sp³-hybridized carbons (Fsp3) is 0.600. The highest BCUT2D eigenvalue weighted by atomic mass is 16.4. The van der Waals surface area contributed by atoms with Crippen LogP contribution in [0, 0.1) is 11.3 Å². The number of amides is 1. The zero-order valence-electron chi connectivity index (χ0n) is 12.1.